The highest BCUT2D eigenvalue weighted by Gasteiger charge is 2.60. The van der Waals surface area contributed by atoms with Crippen molar-refractivity contribution in [3.63, 3.8) is 0 Å². The number of aliphatic carboxylic acids is 1. The van der Waals surface area contributed by atoms with Crippen LogP contribution < -0.4 is 10.6 Å². The van der Waals surface area contributed by atoms with Crippen molar-refractivity contribution in [2.45, 2.75) is 117 Å². The lowest BCUT2D eigenvalue weighted by atomic mass is 9.44. The molecule has 2 unspecified atom stereocenters. The van der Waals surface area contributed by atoms with Crippen LogP contribution in [0.1, 0.15) is 105 Å². The van der Waals surface area contributed by atoms with Crippen LogP contribution in [0.2, 0.25) is 0 Å². The Bertz CT molecular complexity index is 891. The van der Waals surface area contributed by atoms with Crippen molar-refractivity contribution in [3.05, 3.63) is 0 Å². The minimum atomic E-state index is -1.10. The van der Waals surface area contributed by atoms with Crippen LogP contribution in [0.5, 0.6) is 0 Å². The molecular weight excluding hydrogens is 480 g/mol. The average molecular weight is 533 g/mol. The number of aliphatic hydroxyl groups is 1. The molecule has 0 aromatic carbocycles. The highest BCUT2D eigenvalue weighted by molar-refractivity contribution is 5.89. The zero-order valence-corrected chi connectivity index (χ0v) is 24.3. The Labute approximate surface area is 229 Å². The van der Waals surface area contributed by atoms with Crippen molar-refractivity contribution in [1.82, 2.24) is 10.6 Å². The van der Waals surface area contributed by atoms with E-state index in [4.69, 9.17) is 5.11 Å². The molecule has 4 aliphatic carbocycles. The number of carbonyl (C=O) groups is 3. The number of carboxylic acid groups (broad SMARTS) is 1. The summed E-state index contributed by atoms with van der Waals surface area (Å²) >= 11 is 0. The summed E-state index contributed by atoms with van der Waals surface area (Å²) in [6.07, 6.45) is 12.0. The normalized spacial score (nSPS) is 39.9. The maximum Gasteiger partial charge on any atom is 0.322 e. The standard InChI is InChI=1S/C31H52N2O5/c1-18(2)28(29(38)32-17-27(36)37)33-26(35)11-6-19(3)23-9-10-24-22-8-7-20-16-21(34)12-14-30(20,4)25(22)13-15-31(23,24)5/h18-25,28,34H,6-17H2,1-5H3,(H,32,38)(H,33,35)(H,36,37)/t19?,20-,21-,22+,23-,24+,25+,28?,30+,31-/m1/s1. The number of amides is 2. The summed E-state index contributed by atoms with van der Waals surface area (Å²) in [5.41, 5.74) is 0.737. The molecular formula is C31H52N2O5. The molecule has 0 aliphatic heterocycles. The molecule has 4 aliphatic rings. The summed E-state index contributed by atoms with van der Waals surface area (Å²) in [4.78, 5) is 36.1. The number of fused-ring (bicyclic) bond motifs is 5. The summed E-state index contributed by atoms with van der Waals surface area (Å²) in [5, 5.41) is 24.4. The zero-order chi connectivity index (χ0) is 27.8. The number of carboxylic acids is 1. The highest BCUT2D eigenvalue weighted by Crippen LogP contribution is 2.68. The number of hydrogen-bond acceptors (Lipinski definition) is 4. The van der Waals surface area contributed by atoms with Crippen LogP contribution >= 0.6 is 0 Å². The first-order valence-corrected chi connectivity index (χ1v) is 15.3. The zero-order valence-electron chi connectivity index (χ0n) is 24.3. The van der Waals surface area contributed by atoms with E-state index in [9.17, 15) is 19.5 Å². The fraction of sp³-hybridized carbons (Fsp3) is 0.903. The third-order valence-corrected chi connectivity index (χ3v) is 11.9. The Hall–Kier alpha value is -1.63. The largest absolute Gasteiger partial charge is 0.480 e. The number of nitrogens with one attached hydrogen (secondary N) is 2. The average Bonchev–Trinajstić information content (AvgIpc) is 3.22. The van der Waals surface area contributed by atoms with Gasteiger partial charge in [-0.2, -0.15) is 0 Å². The third-order valence-electron chi connectivity index (χ3n) is 11.9. The van der Waals surface area contributed by atoms with Crippen molar-refractivity contribution < 1.29 is 24.6 Å². The van der Waals surface area contributed by atoms with Crippen molar-refractivity contribution in [2.75, 3.05) is 6.54 Å². The molecule has 0 saturated heterocycles. The Morgan fingerprint density at radius 2 is 1.61 bits per heavy atom. The topological polar surface area (TPSA) is 116 Å². The number of carbonyl (C=O) groups excluding carboxylic acids is 2. The molecule has 38 heavy (non-hydrogen) atoms. The molecule has 0 heterocycles. The highest BCUT2D eigenvalue weighted by atomic mass is 16.4. The van der Waals surface area contributed by atoms with Crippen LogP contribution in [-0.4, -0.2) is 46.7 Å². The van der Waals surface area contributed by atoms with E-state index in [2.05, 4.69) is 31.4 Å². The lowest BCUT2D eigenvalue weighted by molar-refractivity contribution is -0.138. The van der Waals surface area contributed by atoms with Gasteiger partial charge in [-0.05, 0) is 116 Å². The smallest absolute Gasteiger partial charge is 0.322 e. The number of rotatable bonds is 9. The van der Waals surface area contributed by atoms with Crippen LogP contribution in [0.3, 0.4) is 0 Å². The number of hydrogen-bond donors (Lipinski definition) is 4. The molecule has 0 aromatic heterocycles. The Kier molecular flexibility index (Phi) is 8.86. The summed E-state index contributed by atoms with van der Waals surface area (Å²) in [5.74, 6) is 2.34. The Morgan fingerprint density at radius 3 is 2.29 bits per heavy atom. The van der Waals surface area contributed by atoms with Gasteiger partial charge in [0.2, 0.25) is 11.8 Å². The van der Waals surface area contributed by atoms with Crippen molar-refractivity contribution in [1.29, 1.82) is 0 Å². The van der Waals surface area contributed by atoms with Gasteiger partial charge in [-0.1, -0.05) is 34.6 Å². The van der Waals surface area contributed by atoms with E-state index in [1.807, 2.05) is 13.8 Å². The first-order valence-electron chi connectivity index (χ1n) is 15.3. The van der Waals surface area contributed by atoms with Gasteiger partial charge in [0.15, 0.2) is 0 Å². The van der Waals surface area contributed by atoms with Gasteiger partial charge in [-0.3, -0.25) is 14.4 Å². The van der Waals surface area contributed by atoms with E-state index in [0.717, 1.165) is 37.0 Å². The monoisotopic (exact) mass is 532 g/mol. The van der Waals surface area contributed by atoms with E-state index in [1.54, 1.807) is 0 Å². The van der Waals surface area contributed by atoms with Gasteiger partial charge >= 0.3 is 5.97 Å². The van der Waals surface area contributed by atoms with Crippen LogP contribution in [0.4, 0.5) is 0 Å². The molecule has 10 atom stereocenters. The molecule has 0 aromatic rings. The van der Waals surface area contributed by atoms with Crippen LogP contribution in [0.25, 0.3) is 0 Å². The second-order valence-corrected chi connectivity index (χ2v) is 14.2. The van der Waals surface area contributed by atoms with Crippen molar-refractivity contribution in [3.8, 4) is 0 Å². The van der Waals surface area contributed by atoms with Gasteiger partial charge in [-0.25, -0.2) is 0 Å². The summed E-state index contributed by atoms with van der Waals surface area (Å²) in [6, 6.07) is -0.724. The lowest BCUT2D eigenvalue weighted by Gasteiger charge is -2.61. The Morgan fingerprint density at radius 1 is 0.921 bits per heavy atom. The van der Waals surface area contributed by atoms with Crippen LogP contribution in [0, 0.1) is 52.3 Å². The predicted molar refractivity (Wildman–Crippen MR) is 147 cm³/mol. The molecule has 4 saturated carbocycles. The molecule has 7 nitrogen and oxygen atoms in total. The fourth-order valence-electron chi connectivity index (χ4n) is 9.82. The number of aliphatic hydroxyl groups excluding tert-OH is 1. The van der Waals surface area contributed by atoms with Gasteiger partial charge in [0.1, 0.15) is 12.6 Å². The third kappa shape index (κ3) is 5.64. The molecule has 4 rings (SSSR count). The molecule has 4 fully saturated rings. The summed E-state index contributed by atoms with van der Waals surface area (Å²) < 4.78 is 0. The van der Waals surface area contributed by atoms with Crippen LogP contribution in [-0.2, 0) is 14.4 Å². The van der Waals surface area contributed by atoms with Crippen molar-refractivity contribution in [2.24, 2.45) is 52.3 Å². The Balaban J connectivity index is 1.34. The maximum absolute atomic E-state index is 12.8. The summed E-state index contributed by atoms with van der Waals surface area (Å²) in [7, 11) is 0. The fourth-order valence-corrected chi connectivity index (χ4v) is 9.82. The van der Waals surface area contributed by atoms with E-state index < -0.39 is 24.5 Å². The van der Waals surface area contributed by atoms with Gasteiger partial charge in [-0.15, -0.1) is 0 Å². The van der Waals surface area contributed by atoms with Gasteiger partial charge in [0.05, 0.1) is 6.10 Å². The van der Waals surface area contributed by atoms with Crippen molar-refractivity contribution >= 4 is 17.8 Å². The minimum Gasteiger partial charge on any atom is -0.480 e. The van der Waals surface area contributed by atoms with Crippen LogP contribution in [0.15, 0.2) is 0 Å². The lowest BCUT2D eigenvalue weighted by Crippen LogP contribution is -2.54. The second kappa shape index (κ2) is 11.5. The predicted octanol–water partition coefficient (Wildman–Crippen LogP) is 4.76. The SMILES string of the molecule is CC(C)C(NC(=O)CCC(C)[C@H]1CC[C@H]2[C@@H]3CC[C@@H]4C[C@H](O)CC[C@]4(C)[C@H]3CC[C@]12C)C(=O)NCC(=O)O. The van der Waals surface area contributed by atoms with Gasteiger partial charge in [0.25, 0.3) is 0 Å². The molecule has 7 heteroatoms. The molecule has 216 valence electrons. The first-order chi connectivity index (χ1) is 17.9. The minimum absolute atomic E-state index is 0.0951. The quantitative estimate of drug-likeness (QED) is 0.342. The van der Waals surface area contributed by atoms with E-state index in [-0.39, 0.29) is 17.9 Å². The van der Waals surface area contributed by atoms with E-state index in [1.165, 1.54) is 44.9 Å². The van der Waals surface area contributed by atoms with Gasteiger partial charge in [0, 0.05) is 6.42 Å². The van der Waals surface area contributed by atoms with E-state index >= 15 is 0 Å². The molecule has 2 amide bonds. The molecule has 0 radical (unpaired) electrons. The molecule has 4 N–H and O–H groups in total. The maximum atomic E-state index is 12.8. The first kappa shape index (κ1) is 29.4. The van der Waals surface area contributed by atoms with Gasteiger partial charge < -0.3 is 20.8 Å². The second-order valence-electron chi connectivity index (χ2n) is 14.2. The molecule has 0 spiro atoms. The summed E-state index contributed by atoms with van der Waals surface area (Å²) in [6.45, 7) is 10.7. The molecule has 0 bridgehead atoms. The van der Waals surface area contributed by atoms with E-state index in [0.29, 0.717) is 35.0 Å².